The predicted octanol–water partition coefficient (Wildman–Crippen LogP) is 6.13. The maximum Gasteiger partial charge on any atom is 0.197 e. The fourth-order valence-corrected chi connectivity index (χ4v) is 4.36. The lowest BCUT2D eigenvalue weighted by Gasteiger charge is -1.93. The van der Waals surface area contributed by atoms with Crippen LogP contribution in [0.3, 0.4) is 0 Å². The third kappa shape index (κ3) is 3.62. The highest BCUT2D eigenvalue weighted by Crippen LogP contribution is 2.38. The van der Waals surface area contributed by atoms with E-state index in [2.05, 4.69) is 0 Å². The molecule has 2 aromatic carbocycles. The van der Waals surface area contributed by atoms with E-state index in [9.17, 15) is 14.7 Å². The molecule has 0 atom stereocenters. The number of benzene rings is 2. The fraction of sp³-hybridized carbons (Fsp3) is 0.0400. The zero-order valence-electron chi connectivity index (χ0n) is 15.8. The van der Waals surface area contributed by atoms with Crippen LogP contribution in [0.15, 0.2) is 90.1 Å². The van der Waals surface area contributed by atoms with Crippen LogP contribution < -0.4 is 0 Å². The summed E-state index contributed by atoms with van der Waals surface area (Å²) in [5, 5.41) is 11.2. The van der Waals surface area contributed by atoms with Gasteiger partial charge in [-0.1, -0.05) is 60.7 Å². The molecule has 29 heavy (non-hydrogen) atoms. The highest BCUT2D eigenvalue weighted by atomic mass is 32.1. The van der Waals surface area contributed by atoms with Crippen LogP contribution in [0.5, 0.6) is 5.75 Å². The van der Waals surface area contributed by atoms with E-state index in [0.29, 0.717) is 16.9 Å². The molecule has 1 aliphatic carbocycles. The number of carbonyl (C=O) groups is 2. The smallest absolute Gasteiger partial charge is 0.197 e. The molecule has 4 heteroatoms. The summed E-state index contributed by atoms with van der Waals surface area (Å²) in [6, 6.07) is 14.6. The van der Waals surface area contributed by atoms with Crippen molar-refractivity contribution < 1.29 is 14.7 Å². The molecular formula is C25H18O3S. The second-order valence-electron chi connectivity index (χ2n) is 6.73. The number of aromatic hydroxyl groups is 1. The molecule has 3 aromatic rings. The second-order valence-corrected chi connectivity index (χ2v) is 7.81. The highest BCUT2D eigenvalue weighted by molar-refractivity contribution is 7.20. The van der Waals surface area contributed by atoms with Crippen molar-refractivity contribution >= 4 is 39.1 Å². The summed E-state index contributed by atoms with van der Waals surface area (Å²) in [7, 11) is 0. The Bertz CT molecular complexity index is 1220. The van der Waals surface area contributed by atoms with E-state index in [4.69, 9.17) is 0 Å². The minimum atomic E-state index is -0.226. The molecule has 0 amide bonds. The minimum Gasteiger partial charge on any atom is -0.506 e. The van der Waals surface area contributed by atoms with Crippen LogP contribution >= 0.6 is 11.3 Å². The summed E-state index contributed by atoms with van der Waals surface area (Å²) in [6.45, 7) is 1.95. The molecule has 1 heterocycles. The van der Waals surface area contributed by atoms with Crippen LogP contribution in [-0.2, 0) is 0 Å². The molecule has 0 unspecified atom stereocenters. The molecule has 1 aromatic heterocycles. The Kier molecular flexibility index (Phi) is 5.10. The molecule has 3 nitrogen and oxygen atoms in total. The lowest BCUT2D eigenvalue weighted by Crippen LogP contribution is -1.99. The summed E-state index contributed by atoms with van der Waals surface area (Å²) in [4.78, 5) is 25.4. The van der Waals surface area contributed by atoms with Crippen molar-refractivity contribution in [3.05, 3.63) is 106 Å². The standard InChI is InChI=1S/C25H18O3S/c1-16(15-22-25(28)19-12-7-8-14-21(19)29-22)9-3-2-4-13-20-23(26)17-10-5-6-11-18(17)24(20)27/h2-15,28H,1H3/b4-2+,9-3+,16-15+. The van der Waals surface area contributed by atoms with Crippen LogP contribution in [0.2, 0.25) is 0 Å². The molecule has 0 spiro atoms. The van der Waals surface area contributed by atoms with Crippen LogP contribution in [-0.4, -0.2) is 16.7 Å². The van der Waals surface area contributed by atoms with Crippen molar-refractivity contribution in [1.29, 1.82) is 0 Å². The second kappa shape index (κ2) is 7.86. The van der Waals surface area contributed by atoms with Crippen LogP contribution in [0.25, 0.3) is 16.2 Å². The third-order valence-corrected chi connectivity index (χ3v) is 5.81. The van der Waals surface area contributed by atoms with Crippen LogP contribution in [0.1, 0.15) is 32.5 Å². The lowest BCUT2D eigenvalue weighted by molar-refractivity contribution is 0.0989. The van der Waals surface area contributed by atoms with Gasteiger partial charge in [0.05, 0.1) is 10.5 Å². The van der Waals surface area contributed by atoms with E-state index in [0.717, 1.165) is 20.5 Å². The molecule has 142 valence electrons. The normalized spacial score (nSPS) is 14.5. The van der Waals surface area contributed by atoms with E-state index in [1.54, 1.807) is 53.8 Å². The average molecular weight is 398 g/mol. The molecule has 0 bridgehead atoms. The first kappa shape index (κ1) is 18.8. The zero-order chi connectivity index (χ0) is 20.4. The van der Waals surface area contributed by atoms with Crippen LogP contribution in [0, 0.1) is 0 Å². The van der Waals surface area contributed by atoms with E-state index in [1.165, 1.54) is 0 Å². The Morgan fingerprint density at radius 2 is 1.55 bits per heavy atom. The maximum atomic E-state index is 12.3. The van der Waals surface area contributed by atoms with Gasteiger partial charge in [-0.25, -0.2) is 0 Å². The number of allylic oxidation sites excluding steroid dienone is 7. The molecular weight excluding hydrogens is 380 g/mol. The molecule has 0 fully saturated rings. The van der Waals surface area contributed by atoms with Crippen molar-refractivity contribution in [2.75, 3.05) is 0 Å². The molecule has 0 aliphatic heterocycles. The quantitative estimate of drug-likeness (QED) is 0.327. The van der Waals surface area contributed by atoms with Gasteiger partial charge in [0.25, 0.3) is 0 Å². The van der Waals surface area contributed by atoms with Gasteiger partial charge in [0.15, 0.2) is 11.6 Å². The van der Waals surface area contributed by atoms with Crippen molar-refractivity contribution in [3.63, 3.8) is 0 Å². The molecule has 0 saturated carbocycles. The highest BCUT2D eigenvalue weighted by Gasteiger charge is 2.31. The molecule has 0 saturated heterocycles. The van der Waals surface area contributed by atoms with Crippen molar-refractivity contribution in [1.82, 2.24) is 0 Å². The van der Waals surface area contributed by atoms with Gasteiger partial charge in [0.1, 0.15) is 5.75 Å². The topological polar surface area (TPSA) is 54.4 Å². The Morgan fingerprint density at radius 1 is 0.897 bits per heavy atom. The molecule has 4 rings (SSSR count). The third-order valence-electron chi connectivity index (χ3n) is 4.70. The largest absolute Gasteiger partial charge is 0.506 e. The van der Waals surface area contributed by atoms with Crippen molar-refractivity contribution in [2.45, 2.75) is 6.92 Å². The Morgan fingerprint density at radius 3 is 2.24 bits per heavy atom. The zero-order valence-corrected chi connectivity index (χ0v) is 16.6. The summed E-state index contributed by atoms with van der Waals surface area (Å²) in [5.74, 6) is -0.150. The Hall–Kier alpha value is -3.50. The summed E-state index contributed by atoms with van der Waals surface area (Å²) in [6.07, 6.45) is 10.7. The maximum absolute atomic E-state index is 12.3. The lowest BCUT2D eigenvalue weighted by atomic mass is 10.1. The average Bonchev–Trinajstić information content (AvgIpc) is 3.17. The summed E-state index contributed by atoms with van der Waals surface area (Å²) < 4.78 is 1.05. The summed E-state index contributed by atoms with van der Waals surface area (Å²) in [5.41, 5.74) is 2.10. The number of Topliss-reactive ketones (excluding diaryl/α,β-unsaturated/α-hetero) is 2. The van der Waals surface area contributed by atoms with Gasteiger partial charge in [0.2, 0.25) is 0 Å². The fourth-order valence-electron chi connectivity index (χ4n) is 3.25. The number of ketones is 2. The Labute approximate surface area is 172 Å². The van der Waals surface area contributed by atoms with Gasteiger partial charge in [-0.3, -0.25) is 9.59 Å². The number of fused-ring (bicyclic) bond motifs is 2. The van der Waals surface area contributed by atoms with Gasteiger partial charge >= 0.3 is 0 Å². The van der Waals surface area contributed by atoms with Crippen molar-refractivity contribution in [2.24, 2.45) is 0 Å². The van der Waals surface area contributed by atoms with Gasteiger partial charge in [-0.15, -0.1) is 11.3 Å². The first-order valence-corrected chi connectivity index (χ1v) is 10.00. The minimum absolute atomic E-state index is 0.193. The SMILES string of the molecule is CC(/C=C/C=C/C=C1C(=O)c2ccccc2C1=O)=C\c1sc2ccccc2c1O. The predicted molar refractivity (Wildman–Crippen MR) is 119 cm³/mol. The monoisotopic (exact) mass is 398 g/mol. The number of rotatable bonds is 4. The summed E-state index contributed by atoms with van der Waals surface area (Å²) >= 11 is 1.54. The molecule has 1 N–H and O–H groups in total. The first-order valence-electron chi connectivity index (χ1n) is 9.18. The van der Waals surface area contributed by atoms with Crippen molar-refractivity contribution in [3.8, 4) is 5.75 Å². The van der Waals surface area contributed by atoms with E-state index < -0.39 is 0 Å². The molecule has 1 aliphatic rings. The van der Waals surface area contributed by atoms with Crippen LogP contribution in [0.4, 0.5) is 0 Å². The number of hydrogen-bond donors (Lipinski definition) is 1. The van der Waals surface area contributed by atoms with E-state index in [-0.39, 0.29) is 17.1 Å². The van der Waals surface area contributed by atoms with Gasteiger partial charge in [-0.05, 0) is 36.8 Å². The van der Waals surface area contributed by atoms with Gasteiger partial charge < -0.3 is 5.11 Å². The number of hydrogen-bond acceptors (Lipinski definition) is 4. The van der Waals surface area contributed by atoms with E-state index >= 15 is 0 Å². The number of thiophene rings is 1. The molecule has 0 radical (unpaired) electrons. The van der Waals surface area contributed by atoms with Gasteiger partial charge in [-0.2, -0.15) is 0 Å². The number of carbonyl (C=O) groups excluding carboxylic acids is 2. The first-order chi connectivity index (χ1) is 14.1. The van der Waals surface area contributed by atoms with Gasteiger partial charge in [0, 0.05) is 21.2 Å². The van der Waals surface area contributed by atoms with E-state index in [1.807, 2.05) is 49.4 Å². The Balaban J connectivity index is 1.47.